The van der Waals surface area contributed by atoms with Crippen LogP contribution in [0.4, 0.5) is 13.2 Å². The second kappa shape index (κ2) is 6.99. The van der Waals surface area contributed by atoms with E-state index in [-0.39, 0.29) is 11.6 Å². The summed E-state index contributed by atoms with van der Waals surface area (Å²) in [5.74, 6) is -0.470. The highest BCUT2D eigenvalue weighted by Crippen LogP contribution is 2.40. The van der Waals surface area contributed by atoms with Gasteiger partial charge in [0.1, 0.15) is 15.6 Å². The fourth-order valence-electron chi connectivity index (χ4n) is 1.83. The molecule has 0 saturated heterocycles. The number of esters is 1. The van der Waals surface area contributed by atoms with Crippen LogP contribution in [0.2, 0.25) is 0 Å². The number of nitrogens with zero attached hydrogens (tertiary/aromatic N) is 1. The molecule has 0 aliphatic heterocycles. The average molecular weight is 345 g/mol. The van der Waals surface area contributed by atoms with Gasteiger partial charge in [0.25, 0.3) is 0 Å². The molecule has 0 saturated carbocycles. The Bertz CT molecular complexity index is 680. The number of alkyl halides is 3. The standard InChI is InChI=1S/C15H14F3NO3S/c1-3-21-10-7-5-9(6-8-10)13-19-11(14(20)22-4-2)12(23-13)15(16,17)18/h5-8H,3-4H2,1-2H3. The minimum absolute atomic E-state index is 0.0218. The van der Waals surface area contributed by atoms with Crippen molar-refractivity contribution in [2.24, 2.45) is 0 Å². The lowest BCUT2D eigenvalue weighted by atomic mass is 10.2. The number of hydrogen-bond donors (Lipinski definition) is 0. The molecule has 0 unspecified atom stereocenters. The molecule has 4 nitrogen and oxygen atoms in total. The van der Waals surface area contributed by atoms with Gasteiger partial charge < -0.3 is 9.47 Å². The van der Waals surface area contributed by atoms with Crippen LogP contribution in [0.3, 0.4) is 0 Å². The summed E-state index contributed by atoms with van der Waals surface area (Å²) in [4.78, 5) is 14.5. The van der Waals surface area contributed by atoms with Crippen molar-refractivity contribution in [3.8, 4) is 16.3 Å². The van der Waals surface area contributed by atoms with Crippen LogP contribution in [0, 0.1) is 0 Å². The van der Waals surface area contributed by atoms with Gasteiger partial charge in [-0.3, -0.25) is 0 Å². The van der Waals surface area contributed by atoms with E-state index >= 15 is 0 Å². The lowest BCUT2D eigenvalue weighted by Crippen LogP contribution is -2.13. The molecule has 0 N–H and O–H groups in total. The third-order valence-corrected chi connectivity index (χ3v) is 3.91. The molecular formula is C15H14F3NO3S. The van der Waals surface area contributed by atoms with Crippen molar-refractivity contribution in [1.82, 2.24) is 4.98 Å². The topological polar surface area (TPSA) is 48.4 Å². The monoisotopic (exact) mass is 345 g/mol. The zero-order chi connectivity index (χ0) is 17.0. The summed E-state index contributed by atoms with van der Waals surface area (Å²) in [5.41, 5.74) is -0.229. The van der Waals surface area contributed by atoms with E-state index in [0.29, 0.717) is 29.3 Å². The van der Waals surface area contributed by atoms with E-state index in [1.165, 1.54) is 6.92 Å². The fraction of sp³-hybridized carbons (Fsp3) is 0.333. The fourth-order valence-corrected chi connectivity index (χ4v) is 2.76. The molecule has 0 bridgehead atoms. The zero-order valence-corrected chi connectivity index (χ0v) is 13.3. The van der Waals surface area contributed by atoms with Gasteiger partial charge in [-0.15, -0.1) is 11.3 Å². The third-order valence-electron chi connectivity index (χ3n) is 2.77. The van der Waals surface area contributed by atoms with Crippen molar-refractivity contribution in [2.45, 2.75) is 20.0 Å². The van der Waals surface area contributed by atoms with Gasteiger partial charge >= 0.3 is 12.1 Å². The molecule has 0 radical (unpaired) electrons. The van der Waals surface area contributed by atoms with Crippen LogP contribution < -0.4 is 4.74 Å². The maximum Gasteiger partial charge on any atom is 0.428 e. The first-order chi connectivity index (χ1) is 10.9. The van der Waals surface area contributed by atoms with Crippen LogP contribution in [0.5, 0.6) is 5.75 Å². The molecule has 23 heavy (non-hydrogen) atoms. The Kier molecular flexibility index (Phi) is 5.25. The van der Waals surface area contributed by atoms with Crippen LogP contribution >= 0.6 is 11.3 Å². The van der Waals surface area contributed by atoms with Gasteiger partial charge in [-0.05, 0) is 38.1 Å². The molecule has 0 fully saturated rings. The summed E-state index contributed by atoms with van der Waals surface area (Å²) < 4.78 is 49.2. The number of ether oxygens (including phenoxy) is 2. The second-order valence-electron chi connectivity index (χ2n) is 4.37. The Morgan fingerprint density at radius 3 is 2.35 bits per heavy atom. The number of benzene rings is 1. The van der Waals surface area contributed by atoms with Gasteiger partial charge in [-0.1, -0.05) is 0 Å². The summed E-state index contributed by atoms with van der Waals surface area (Å²) in [6, 6.07) is 6.47. The third kappa shape index (κ3) is 4.01. The minimum atomic E-state index is -4.66. The SMILES string of the molecule is CCOC(=O)c1nc(-c2ccc(OCC)cc2)sc1C(F)(F)F. The largest absolute Gasteiger partial charge is 0.494 e. The smallest absolute Gasteiger partial charge is 0.428 e. The number of halogens is 3. The van der Waals surface area contributed by atoms with Crippen LogP contribution in [-0.4, -0.2) is 24.2 Å². The Balaban J connectivity index is 2.41. The highest BCUT2D eigenvalue weighted by Gasteiger charge is 2.40. The van der Waals surface area contributed by atoms with Gasteiger partial charge in [0.05, 0.1) is 13.2 Å². The van der Waals surface area contributed by atoms with Crippen LogP contribution in [0.15, 0.2) is 24.3 Å². The molecular weight excluding hydrogens is 331 g/mol. The van der Waals surface area contributed by atoms with Gasteiger partial charge in [0, 0.05) is 5.56 Å². The summed E-state index contributed by atoms with van der Waals surface area (Å²) in [7, 11) is 0. The van der Waals surface area contributed by atoms with Gasteiger partial charge in [0.15, 0.2) is 5.69 Å². The first-order valence-electron chi connectivity index (χ1n) is 6.85. The molecule has 1 aromatic heterocycles. The summed E-state index contributed by atoms with van der Waals surface area (Å²) >= 11 is 0.415. The van der Waals surface area contributed by atoms with E-state index < -0.39 is 22.7 Å². The van der Waals surface area contributed by atoms with E-state index in [4.69, 9.17) is 4.74 Å². The van der Waals surface area contributed by atoms with E-state index in [9.17, 15) is 18.0 Å². The van der Waals surface area contributed by atoms with Crippen LogP contribution in [-0.2, 0) is 10.9 Å². The van der Waals surface area contributed by atoms with E-state index in [1.807, 2.05) is 6.92 Å². The predicted octanol–water partition coefficient (Wildman–Crippen LogP) is 4.40. The Morgan fingerprint density at radius 2 is 1.83 bits per heavy atom. The molecule has 0 atom stereocenters. The molecule has 124 valence electrons. The average Bonchev–Trinajstić information content (AvgIpc) is 2.94. The number of carbonyl (C=O) groups excluding carboxylic acids is 1. The molecule has 0 aliphatic rings. The molecule has 8 heteroatoms. The number of hydrogen-bond acceptors (Lipinski definition) is 5. The van der Waals surface area contributed by atoms with E-state index in [0.717, 1.165) is 0 Å². The van der Waals surface area contributed by atoms with E-state index in [1.54, 1.807) is 24.3 Å². The highest BCUT2D eigenvalue weighted by atomic mass is 32.1. The zero-order valence-electron chi connectivity index (χ0n) is 12.4. The van der Waals surface area contributed by atoms with Crippen molar-refractivity contribution < 1.29 is 27.4 Å². The maximum absolute atomic E-state index is 13.1. The Labute approximate surface area is 134 Å². The Morgan fingerprint density at radius 1 is 1.17 bits per heavy atom. The summed E-state index contributed by atoms with van der Waals surface area (Å²) in [6.45, 7) is 3.81. The van der Waals surface area contributed by atoms with Crippen molar-refractivity contribution >= 4 is 17.3 Å². The second-order valence-corrected chi connectivity index (χ2v) is 5.37. The quantitative estimate of drug-likeness (QED) is 0.754. The van der Waals surface area contributed by atoms with Crippen molar-refractivity contribution in [3.63, 3.8) is 0 Å². The molecule has 0 amide bonds. The van der Waals surface area contributed by atoms with Crippen molar-refractivity contribution in [1.29, 1.82) is 0 Å². The number of thiazole rings is 1. The number of aromatic nitrogens is 1. The number of carbonyl (C=O) groups is 1. The van der Waals surface area contributed by atoms with Gasteiger partial charge in [0.2, 0.25) is 0 Å². The van der Waals surface area contributed by atoms with Gasteiger partial charge in [-0.2, -0.15) is 13.2 Å². The first kappa shape index (κ1) is 17.3. The maximum atomic E-state index is 13.1. The molecule has 1 aromatic carbocycles. The highest BCUT2D eigenvalue weighted by molar-refractivity contribution is 7.15. The van der Waals surface area contributed by atoms with Crippen LogP contribution in [0.1, 0.15) is 29.2 Å². The summed E-state index contributed by atoms with van der Waals surface area (Å²) in [6.07, 6.45) is -4.66. The van der Waals surface area contributed by atoms with Crippen LogP contribution in [0.25, 0.3) is 10.6 Å². The normalized spacial score (nSPS) is 11.3. The molecule has 2 rings (SSSR count). The van der Waals surface area contributed by atoms with E-state index in [2.05, 4.69) is 9.72 Å². The Hall–Kier alpha value is -2.09. The lowest BCUT2D eigenvalue weighted by molar-refractivity contribution is -0.135. The lowest BCUT2D eigenvalue weighted by Gasteiger charge is -2.05. The molecule has 0 aliphatic carbocycles. The predicted molar refractivity (Wildman–Crippen MR) is 79.7 cm³/mol. The first-order valence-corrected chi connectivity index (χ1v) is 7.66. The molecule has 2 aromatic rings. The minimum Gasteiger partial charge on any atom is -0.494 e. The summed E-state index contributed by atoms with van der Waals surface area (Å²) in [5, 5.41) is 0.100. The number of rotatable bonds is 5. The molecule has 1 heterocycles. The van der Waals surface area contributed by atoms with Crippen molar-refractivity contribution in [3.05, 3.63) is 34.8 Å². The van der Waals surface area contributed by atoms with Crippen molar-refractivity contribution in [2.75, 3.05) is 13.2 Å². The molecule has 0 spiro atoms. The van der Waals surface area contributed by atoms with Gasteiger partial charge in [-0.25, -0.2) is 9.78 Å².